The molecule has 9 nitrogen and oxygen atoms in total. The maximum absolute atomic E-state index is 12.6. The van der Waals surface area contributed by atoms with Gasteiger partial charge < -0.3 is 20.3 Å². The SMILES string of the molecule is CCOC(=O)COc1ccc(C2=NN(C(N)=NC(=O)c3ccc(Cl)cc3)CC2(O)c2ccccc2)cc1. The molecule has 4 rings (SSSR count). The molecule has 0 saturated heterocycles. The van der Waals surface area contributed by atoms with Crippen molar-refractivity contribution < 1.29 is 24.2 Å². The Bertz CT molecular complexity index is 1330. The summed E-state index contributed by atoms with van der Waals surface area (Å²) in [5.74, 6) is -0.753. The van der Waals surface area contributed by atoms with E-state index in [2.05, 4.69) is 10.1 Å². The summed E-state index contributed by atoms with van der Waals surface area (Å²) >= 11 is 5.89. The average molecular weight is 521 g/mol. The van der Waals surface area contributed by atoms with Gasteiger partial charge in [-0.1, -0.05) is 41.9 Å². The predicted molar refractivity (Wildman–Crippen MR) is 140 cm³/mol. The second-order valence-electron chi connectivity index (χ2n) is 8.13. The Morgan fingerprint density at radius 3 is 2.41 bits per heavy atom. The fourth-order valence-corrected chi connectivity index (χ4v) is 3.90. The van der Waals surface area contributed by atoms with Gasteiger partial charge in [-0.25, -0.2) is 9.80 Å². The first-order valence-electron chi connectivity index (χ1n) is 11.5. The van der Waals surface area contributed by atoms with Crippen LogP contribution in [0.25, 0.3) is 0 Å². The van der Waals surface area contributed by atoms with Crippen LogP contribution in [0.4, 0.5) is 0 Å². The van der Waals surface area contributed by atoms with Gasteiger partial charge in [0.25, 0.3) is 5.91 Å². The first kappa shape index (κ1) is 25.9. The number of aliphatic imine (C=N–C) groups is 1. The molecule has 0 saturated carbocycles. The number of nitrogens with two attached hydrogens (primary N) is 1. The van der Waals surface area contributed by atoms with Crippen LogP contribution in [0.5, 0.6) is 5.75 Å². The van der Waals surface area contributed by atoms with Crippen LogP contribution >= 0.6 is 11.6 Å². The third kappa shape index (κ3) is 5.96. The molecular formula is C27H25ClN4O5. The van der Waals surface area contributed by atoms with Crippen LogP contribution in [0.2, 0.25) is 5.02 Å². The van der Waals surface area contributed by atoms with Crippen molar-refractivity contribution in [3.05, 3.63) is 101 Å². The van der Waals surface area contributed by atoms with Gasteiger partial charge in [0.2, 0.25) is 5.96 Å². The van der Waals surface area contributed by atoms with E-state index in [0.717, 1.165) is 0 Å². The van der Waals surface area contributed by atoms with Gasteiger partial charge in [-0.05, 0) is 61.0 Å². The largest absolute Gasteiger partial charge is 0.482 e. The van der Waals surface area contributed by atoms with E-state index in [1.54, 1.807) is 79.7 Å². The normalized spacial score (nSPS) is 17.3. The van der Waals surface area contributed by atoms with Crippen LogP contribution in [0.15, 0.2) is 89.0 Å². The van der Waals surface area contributed by atoms with Gasteiger partial charge in [-0.3, -0.25) is 4.79 Å². The number of ether oxygens (including phenoxy) is 2. The second kappa shape index (κ2) is 11.2. The van der Waals surface area contributed by atoms with E-state index in [1.165, 1.54) is 5.01 Å². The minimum absolute atomic E-state index is 0.0588. The molecule has 1 aliphatic heterocycles. The van der Waals surface area contributed by atoms with Crippen LogP contribution in [0.3, 0.4) is 0 Å². The van der Waals surface area contributed by atoms with Crippen molar-refractivity contribution in [1.29, 1.82) is 0 Å². The lowest BCUT2D eigenvalue weighted by Gasteiger charge is -2.25. The molecule has 1 amide bonds. The minimum Gasteiger partial charge on any atom is -0.482 e. The summed E-state index contributed by atoms with van der Waals surface area (Å²) in [4.78, 5) is 28.1. The number of rotatable bonds is 7. The molecule has 0 bridgehead atoms. The summed E-state index contributed by atoms with van der Waals surface area (Å²) in [6.07, 6.45) is 0. The Hall–Kier alpha value is -4.21. The van der Waals surface area contributed by atoms with Crippen molar-refractivity contribution in [3.8, 4) is 5.75 Å². The Morgan fingerprint density at radius 2 is 1.76 bits per heavy atom. The average Bonchev–Trinajstić information content (AvgIpc) is 3.27. The highest BCUT2D eigenvalue weighted by atomic mass is 35.5. The van der Waals surface area contributed by atoms with Gasteiger partial charge in [0.1, 0.15) is 11.5 Å². The number of guanidine groups is 1. The number of β-amino-alcohol motifs (C(OH)–C–C–N with tert-alkyl or cyclic N) is 1. The van der Waals surface area contributed by atoms with Crippen molar-refractivity contribution >= 4 is 35.1 Å². The number of amides is 1. The number of hydrogen-bond acceptors (Lipinski definition) is 6. The molecule has 3 aromatic carbocycles. The van der Waals surface area contributed by atoms with Crippen LogP contribution in [-0.2, 0) is 15.1 Å². The van der Waals surface area contributed by atoms with Crippen molar-refractivity contribution in [2.45, 2.75) is 12.5 Å². The van der Waals surface area contributed by atoms with E-state index in [-0.39, 0.29) is 25.7 Å². The van der Waals surface area contributed by atoms with Crippen LogP contribution in [-0.4, -0.2) is 53.4 Å². The highest BCUT2D eigenvalue weighted by molar-refractivity contribution is 6.30. The molecule has 1 heterocycles. The highest BCUT2D eigenvalue weighted by Gasteiger charge is 2.44. The standard InChI is InChI=1S/C27H25ClN4O5/c1-2-36-23(33)16-37-22-14-10-18(11-15-22)24-27(35,20-6-4-3-5-7-20)17-32(31-24)26(29)30-25(34)19-8-12-21(28)13-9-19/h3-15,35H,2,16-17H2,1H3,(H2,29,30,34). The van der Waals surface area contributed by atoms with Crippen molar-refractivity contribution in [3.63, 3.8) is 0 Å². The van der Waals surface area contributed by atoms with E-state index in [1.807, 2.05) is 6.07 Å². The molecule has 1 aliphatic rings. The maximum Gasteiger partial charge on any atom is 0.344 e. The Labute approximate surface area is 218 Å². The first-order chi connectivity index (χ1) is 17.8. The minimum atomic E-state index is -1.54. The third-order valence-corrected chi connectivity index (χ3v) is 5.86. The number of esters is 1. The summed E-state index contributed by atoms with van der Waals surface area (Å²) < 4.78 is 10.3. The molecule has 10 heteroatoms. The summed E-state index contributed by atoms with van der Waals surface area (Å²) in [6.45, 7) is 1.71. The molecule has 190 valence electrons. The zero-order valence-corrected chi connectivity index (χ0v) is 20.8. The van der Waals surface area contributed by atoms with Crippen LogP contribution in [0, 0.1) is 0 Å². The van der Waals surface area contributed by atoms with Crippen molar-refractivity contribution in [2.24, 2.45) is 15.8 Å². The summed E-state index contributed by atoms with van der Waals surface area (Å²) in [7, 11) is 0. The smallest absolute Gasteiger partial charge is 0.344 e. The van der Waals surface area contributed by atoms with Gasteiger partial charge in [0.05, 0.1) is 13.2 Å². The predicted octanol–water partition coefficient (Wildman–Crippen LogP) is 3.34. The zero-order valence-electron chi connectivity index (χ0n) is 20.0. The number of carbonyl (C=O) groups is 2. The molecule has 0 spiro atoms. The third-order valence-electron chi connectivity index (χ3n) is 5.60. The second-order valence-corrected chi connectivity index (χ2v) is 8.57. The zero-order chi connectivity index (χ0) is 26.4. The number of hydrazone groups is 1. The van der Waals surface area contributed by atoms with E-state index < -0.39 is 17.5 Å². The Kier molecular flexibility index (Phi) is 7.86. The van der Waals surface area contributed by atoms with Gasteiger partial charge in [0.15, 0.2) is 12.2 Å². The molecule has 0 aromatic heterocycles. The lowest BCUT2D eigenvalue weighted by molar-refractivity contribution is -0.145. The van der Waals surface area contributed by atoms with Crippen molar-refractivity contribution in [2.75, 3.05) is 19.8 Å². The Balaban J connectivity index is 1.62. The first-order valence-corrected chi connectivity index (χ1v) is 11.9. The van der Waals surface area contributed by atoms with Crippen molar-refractivity contribution in [1.82, 2.24) is 5.01 Å². The summed E-state index contributed by atoms with van der Waals surface area (Å²) in [5, 5.41) is 18.1. The fourth-order valence-electron chi connectivity index (χ4n) is 3.77. The van der Waals surface area contributed by atoms with E-state index >= 15 is 0 Å². The lowest BCUT2D eigenvalue weighted by Crippen LogP contribution is -2.42. The van der Waals surface area contributed by atoms with Gasteiger partial charge in [0, 0.05) is 16.1 Å². The topological polar surface area (TPSA) is 127 Å². The number of nitrogens with zero attached hydrogens (tertiary/aromatic N) is 3. The Morgan fingerprint density at radius 1 is 1.08 bits per heavy atom. The highest BCUT2D eigenvalue weighted by Crippen LogP contribution is 2.33. The van der Waals surface area contributed by atoms with Gasteiger partial charge in [-0.15, -0.1) is 0 Å². The molecule has 1 atom stereocenters. The number of aliphatic hydroxyl groups is 1. The number of carbonyl (C=O) groups excluding carboxylic acids is 2. The van der Waals surface area contributed by atoms with E-state index in [4.69, 9.17) is 26.8 Å². The summed E-state index contributed by atoms with van der Waals surface area (Å²) in [5.41, 5.74) is 6.42. The molecule has 0 radical (unpaired) electrons. The fraction of sp³-hybridized carbons (Fsp3) is 0.185. The quantitative estimate of drug-likeness (QED) is 0.278. The van der Waals surface area contributed by atoms with Gasteiger partial charge >= 0.3 is 5.97 Å². The maximum atomic E-state index is 12.6. The molecular weight excluding hydrogens is 496 g/mol. The molecule has 3 N–H and O–H groups in total. The molecule has 0 aliphatic carbocycles. The molecule has 1 unspecified atom stereocenters. The van der Waals surface area contributed by atoms with E-state index in [0.29, 0.717) is 33.2 Å². The summed E-state index contributed by atoms with van der Waals surface area (Å²) in [6, 6.07) is 22.0. The monoisotopic (exact) mass is 520 g/mol. The number of benzene rings is 3. The molecule has 37 heavy (non-hydrogen) atoms. The van der Waals surface area contributed by atoms with E-state index in [9.17, 15) is 14.7 Å². The number of halogens is 1. The van der Waals surface area contributed by atoms with Crippen LogP contribution in [0.1, 0.15) is 28.4 Å². The molecule has 0 fully saturated rings. The number of hydrogen-bond donors (Lipinski definition) is 2. The molecule has 3 aromatic rings. The van der Waals surface area contributed by atoms with Crippen LogP contribution < -0.4 is 10.5 Å². The van der Waals surface area contributed by atoms with Gasteiger partial charge in [-0.2, -0.15) is 10.1 Å². The lowest BCUT2D eigenvalue weighted by atomic mass is 9.86.